The molecular formula is C18H15ClN4O4. The van der Waals surface area contributed by atoms with E-state index >= 15 is 0 Å². The highest BCUT2D eigenvalue weighted by Gasteiger charge is 2.31. The zero-order chi connectivity index (χ0) is 19.6. The Morgan fingerprint density at radius 3 is 2.67 bits per heavy atom. The van der Waals surface area contributed by atoms with Gasteiger partial charge in [-0.05, 0) is 30.7 Å². The Morgan fingerprint density at radius 1 is 1.22 bits per heavy atom. The number of amides is 3. The minimum absolute atomic E-state index is 0.139. The van der Waals surface area contributed by atoms with Crippen molar-refractivity contribution >= 4 is 34.9 Å². The Labute approximate surface area is 159 Å². The number of nitrogens with zero attached hydrogens (tertiary/aromatic N) is 1. The van der Waals surface area contributed by atoms with E-state index in [-0.39, 0.29) is 16.9 Å². The molecule has 3 N–H and O–H groups in total. The molecule has 8 nitrogen and oxygen atoms in total. The van der Waals surface area contributed by atoms with E-state index in [1.54, 1.807) is 37.3 Å². The van der Waals surface area contributed by atoms with E-state index in [1.807, 2.05) is 0 Å². The molecule has 0 bridgehead atoms. The van der Waals surface area contributed by atoms with E-state index in [9.17, 15) is 19.7 Å². The van der Waals surface area contributed by atoms with Crippen LogP contribution in [0, 0.1) is 10.1 Å². The summed E-state index contributed by atoms with van der Waals surface area (Å²) < 4.78 is 0. The molecular weight excluding hydrogens is 372 g/mol. The molecule has 0 aliphatic carbocycles. The number of allylic oxidation sites excluding steroid dienone is 1. The number of hydrogen-bond acceptors (Lipinski definition) is 4. The zero-order valence-corrected chi connectivity index (χ0v) is 14.9. The number of carbonyl (C=O) groups excluding carboxylic acids is 2. The van der Waals surface area contributed by atoms with Crippen LogP contribution >= 0.6 is 11.6 Å². The quantitative estimate of drug-likeness (QED) is 0.551. The van der Waals surface area contributed by atoms with E-state index in [0.29, 0.717) is 16.3 Å². The number of rotatable bonds is 4. The Kier molecular flexibility index (Phi) is 5.09. The van der Waals surface area contributed by atoms with Gasteiger partial charge in [0.2, 0.25) is 0 Å². The van der Waals surface area contributed by atoms with E-state index in [4.69, 9.17) is 11.6 Å². The summed E-state index contributed by atoms with van der Waals surface area (Å²) in [6, 6.07) is 11.3. The van der Waals surface area contributed by atoms with Crippen LogP contribution in [0.1, 0.15) is 18.5 Å². The molecule has 0 unspecified atom stereocenters. The molecule has 3 amide bonds. The molecule has 1 aliphatic rings. The molecule has 9 heteroatoms. The predicted molar refractivity (Wildman–Crippen MR) is 100 cm³/mol. The Bertz CT molecular complexity index is 973. The summed E-state index contributed by atoms with van der Waals surface area (Å²) in [6.45, 7) is 1.61. The maximum Gasteiger partial charge on any atom is 0.319 e. The fourth-order valence-electron chi connectivity index (χ4n) is 2.83. The van der Waals surface area contributed by atoms with Crippen LogP contribution < -0.4 is 16.0 Å². The highest BCUT2D eigenvalue weighted by Crippen LogP contribution is 2.29. The lowest BCUT2D eigenvalue weighted by Gasteiger charge is -2.28. The molecule has 0 saturated heterocycles. The first-order valence-electron chi connectivity index (χ1n) is 7.94. The fourth-order valence-corrected chi connectivity index (χ4v) is 3.03. The summed E-state index contributed by atoms with van der Waals surface area (Å²) in [5.74, 6) is -0.495. The summed E-state index contributed by atoms with van der Waals surface area (Å²) in [5.41, 5.74) is 1.44. The molecule has 1 atom stereocenters. The van der Waals surface area contributed by atoms with E-state index in [1.165, 1.54) is 18.2 Å². The molecule has 1 aliphatic heterocycles. The SMILES string of the molecule is CC1=C(C(=O)Nc2cccc([N+](=O)[O-])c2)[C@H](c2cccc(Cl)c2)NC(=O)N1. The first-order chi connectivity index (χ1) is 12.8. The Balaban J connectivity index is 1.94. The summed E-state index contributed by atoms with van der Waals surface area (Å²) in [6.07, 6.45) is 0. The Hall–Kier alpha value is -3.39. The lowest BCUT2D eigenvalue weighted by Crippen LogP contribution is -2.45. The second kappa shape index (κ2) is 7.46. The smallest absolute Gasteiger partial charge is 0.319 e. The number of hydrogen-bond donors (Lipinski definition) is 3. The summed E-state index contributed by atoms with van der Waals surface area (Å²) in [7, 11) is 0. The van der Waals surface area contributed by atoms with Gasteiger partial charge in [0, 0.05) is 28.5 Å². The molecule has 1 heterocycles. The zero-order valence-electron chi connectivity index (χ0n) is 14.2. The number of anilines is 1. The average molecular weight is 387 g/mol. The summed E-state index contributed by atoms with van der Waals surface area (Å²) >= 11 is 6.03. The molecule has 0 radical (unpaired) electrons. The van der Waals surface area contributed by atoms with Gasteiger partial charge in [-0.3, -0.25) is 14.9 Å². The van der Waals surface area contributed by atoms with Gasteiger partial charge in [0.1, 0.15) is 0 Å². The molecule has 138 valence electrons. The minimum atomic E-state index is -0.712. The molecule has 0 spiro atoms. The summed E-state index contributed by atoms with van der Waals surface area (Å²) in [4.78, 5) is 35.1. The van der Waals surface area contributed by atoms with Crippen molar-refractivity contribution in [2.24, 2.45) is 0 Å². The van der Waals surface area contributed by atoms with Gasteiger partial charge >= 0.3 is 6.03 Å². The van der Waals surface area contributed by atoms with Crippen molar-refractivity contribution in [3.05, 3.63) is 80.5 Å². The van der Waals surface area contributed by atoms with Gasteiger partial charge in [-0.25, -0.2) is 4.79 Å². The van der Waals surface area contributed by atoms with Gasteiger partial charge in [0.15, 0.2) is 0 Å². The average Bonchev–Trinajstić information content (AvgIpc) is 2.61. The Morgan fingerprint density at radius 2 is 1.96 bits per heavy atom. The van der Waals surface area contributed by atoms with Crippen molar-refractivity contribution in [1.82, 2.24) is 10.6 Å². The van der Waals surface area contributed by atoms with Crippen LogP contribution in [0.2, 0.25) is 5.02 Å². The number of urea groups is 1. The number of nitrogens with one attached hydrogen (secondary N) is 3. The number of nitro groups is 1. The molecule has 2 aromatic carbocycles. The molecule has 27 heavy (non-hydrogen) atoms. The van der Waals surface area contributed by atoms with Crippen LogP contribution in [-0.2, 0) is 4.79 Å². The van der Waals surface area contributed by atoms with Crippen LogP contribution in [0.25, 0.3) is 0 Å². The number of carbonyl (C=O) groups is 2. The van der Waals surface area contributed by atoms with E-state index < -0.39 is 22.9 Å². The standard InChI is InChI=1S/C18H15ClN4O4/c1-10-15(17(24)21-13-6-3-7-14(9-13)23(26)27)16(22-18(25)20-10)11-4-2-5-12(19)8-11/h2-9,16H,1H3,(H,21,24)(H2,20,22,25)/t16-/m0/s1. The first-order valence-corrected chi connectivity index (χ1v) is 8.32. The second-order valence-electron chi connectivity index (χ2n) is 5.89. The highest BCUT2D eigenvalue weighted by molar-refractivity contribution is 6.30. The molecule has 3 rings (SSSR count). The highest BCUT2D eigenvalue weighted by atomic mass is 35.5. The second-order valence-corrected chi connectivity index (χ2v) is 6.32. The van der Waals surface area contributed by atoms with Crippen molar-refractivity contribution in [2.45, 2.75) is 13.0 Å². The maximum atomic E-state index is 12.9. The monoisotopic (exact) mass is 386 g/mol. The van der Waals surface area contributed by atoms with Crippen molar-refractivity contribution in [3.63, 3.8) is 0 Å². The van der Waals surface area contributed by atoms with Crippen LogP contribution in [0.4, 0.5) is 16.2 Å². The minimum Gasteiger partial charge on any atom is -0.327 e. The van der Waals surface area contributed by atoms with E-state index in [0.717, 1.165) is 0 Å². The van der Waals surface area contributed by atoms with Crippen molar-refractivity contribution in [3.8, 4) is 0 Å². The van der Waals surface area contributed by atoms with Gasteiger partial charge in [-0.1, -0.05) is 29.8 Å². The molecule has 2 aromatic rings. The van der Waals surface area contributed by atoms with Gasteiger partial charge in [0.25, 0.3) is 11.6 Å². The maximum absolute atomic E-state index is 12.9. The van der Waals surface area contributed by atoms with Crippen molar-refractivity contribution in [1.29, 1.82) is 0 Å². The third-order valence-electron chi connectivity index (χ3n) is 4.01. The number of non-ortho nitro benzene ring substituents is 1. The van der Waals surface area contributed by atoms with Crippen LogP contribution in [0.5, 0.6) is 0 Å². The van der Waals surface area contributed by atoms with Crippen molar-refractivity contribution in [2.75, 3.05) is 5.32 Å². The van der Waals surface area contributed by atoms with Gasteiger partial charge in [0.05, 0.1) is 16.5 Å². The number of halogens is 1. The van der Waals surface area contributed by atoms with Crippen LogP contribution in [0.3, 0.4) is 0 Å². The van der Waals surface area contributed by atoms with Gasteiger partial charge < -0.3 is 16.0 Å². The largest absolute Gasteiger partial charge is 0.327 e. The number of benzene rings is 2. The molecule has 0 aromatic heterocycles. The first kappa shape index (κ1) is 18.4. The molecule has 0 fully saturated rings. The van der Waals surface area contributed by atoms with Gasteiger partial charge in [-0.2, -0.15) is 0 Å². The van der Waals surface area contributed by atoms with Crippen LogP contribution in [0.15, 0.2) is 59.8 Å². The number of nitro benzene ring substituents is 1. The van der Waals surface area contributed by atoms with Gasteiger partial charge in [-0.15, -0.1) is 0 Å². The summed E-state index contributed by atoms with van der Waals surface area (Å²) in [5, 5.41) is 19.3. The predicted octanol–water partition coefficient (Wildman–Crippen LogP) is 3.51. The van der Waals surface area contributed by atoms with E-state index in [2.05, 4.69) is 16.0 Å². The third kappa shape index (κ3) is 4.06. The lowest BCUT2D eigenvalue weighted by atomic mass is 9.95. The van der Waals surface area contributed by atoms with Crippen LogP contribution in [-0.4, -0.2) is 16.9 Å². The fraction of sp³-hybridized carbons (Fsp3) is 0.111. The lowest BCUT2D eigenvalue weighted by molar-refractivity contribution is -0.384. The molecule has 0 saturated carbocycles. The topological polar surface area (TPSA) is 113 Å². The van der Waals surface area contributed by atoms with Crippen molar-refractivity contribution < 1.29 is 14.5 Å². The third-order valence-corrected chi connectivity index (χ3v) is 4.25. The normalized spacial score (nSPS) is 16.4.